The predicted octanol–water partition coefficient (Wildman–Crippen LogP) is 2.21. The molecule has 0 radical (unpaired) electrons. The van der Waals surface area contributed by atoms with Crippen molar-refractivity contribution in [1.82, 2.24) is 5.32 Å². The molecule has 1 rings (SSSR count). The number of hydrogen-bond donors (Lipinski definition) is 1. The molecule has 0 heterocycles. The summed E-state index contributed by atoms with van der Waals surface area (Å²) in [5.74, 6) is -0.669. The highest BCUT2D eigenvalue weighted by Gasteiger charge is 2.33. The lowest BCUT2D eigenvalue weighted by molar-refractivity contribution is -0.142. The van der Waals surface area contributed by atoms with Gasteiger partial charge in [0.25, 0.3) is 0 Å². The molecule has 0 bridgehead atoms. The van der Waals surface area contributed by atoms with Crippen LogP contribution in [0.15, 0.2) is 24.3 Å². The summed E-state index contributed by atoms with van der Waals surface area (Å²) in [5, 5.41) is 3.05. The standard InChI is InChI=1S/C13H18FNO2/c1-4-13(15-2,9-12(16)17-3)10-7-5-6-8-11(10)14/h5-8,15H,4,9H2,1-3H3. The van der Waals surface area contributed by atoms with E-state index in [0.717, 1.165) is 0 Å². The third kappa shape index (κ3) is 2.82. The van der Waals surface area contributed by atoms with Crippen molar-refractivity contribution in [3.8, 4) is 0 Å². The van der Waals surface area contributed by atoms with Crippen LogP contribution in [0.4, 0.5) is 4.39 Å². The largest absolute Gasteiger partial charge is 0.469 e. The zero-order valence-corrected chi connectivity index (χ0v) is 10.4. The molecule has 0 aliphatic rings. The molecule has 0 saturated carbocycles. The molecule has 1 aromatic carbocycles. The zero-order valence-electron chi connectivity index (χ0n) is 10.4. The summed E-state index contributed by atoms with van der Waals surface area (Å²) >= 11 is 0. The van der Waals surface area contributed by atoms with Gasteiger partial charge in [-0.05, 0) is 19.5 Å². The number of carbonyl (C=O) groups is 1. The van der Waals surface area contributed by atoms with Gasteiger partial charge in [0, 0.05) is 5.56 Å². The highest BCUT2D eigenvalue weighted by atomic mass is 19.1. The van der Waals surface area contributed by atoms with Crippen molar-refractivity contribution >= 4 is 5.97 Å². The number of halogens is 1. The van der Waals surface area contributed by atoms with Crippen molar-refractivity contribution in [3.05, 3.63) is 35.6 Å². The lowest BCUT2D eigenvalue weighted by atomic mass is 9.84. The maximum atomic E-state index is 13.8. The van der Waals surface area contributed by atoms with E-state index in [1.165, 1.54) is 13.2 Å². The number of esters is 1. The van der Waals surface area contributed by atoms with E-state index in [1.807, 2.05) is 6.92 Å². The smallest absolute Gasteiger partial charge is 0.307 e. The average molecular weight is 239 g/mol. The topological polar surface area (TPSA) is 38.3 Å². The first kappa shape index (κ1) is 13.6. The molecule has 0 aliphatic heterocycles. The second kappa shape index (κ2) is 5.77. The number of ether oxygens (including phenoxy) is 1. The summed E-state index contributed by atoms with van der Waals surface area (Å²) in [6, 6.07) is 6.48. The van der Waals surface area contributed by atoms with E-state index in [1.54, 1.807) is 25.2 Å². The second-order valence-electron chi connectivity index (χ2n) is 3.92. The molecule has 4 heteroatoms. The summed E-state index contributed by atoms with van der Waals surface area (Å²) in [5.41, 5.74) is -0.214. The molecule has 0 aliphatic carbocycles. The van der Waals surface area contributed by atoms with Gasteiger partial charge in [-0.3, -0.25) is 4.79 Å². The van der Waals surface area contributed by atoms with Gasteiger partial charge in [0.1, 0.15) is 5.82 Å². The number of hydrogen-bond acceptors (Lipinski definition) is 3. The fourth-order valence-corrected chi connectivity index (χ4v) is 1.98. The molecular weight excluding hydrogens is 221 g/mol. The van der Waals surface area contributed by atoms with Crippen LogP contribution >= 0.6 is 0 Å². The van der Waals surface area contributed by atoms with E-state index in [0.29, 0.717) is 12.0 Å². The van der Waals surface area contributed by atoms with Crippen LogP contribution in [0.3, 0.4) is 0 Å². The lowest BCUT2D eigenvalue weighted by Gasteiger charge is -2.32. The third-order valence-electron chi connectivity index (χ3n) is 3.15. The number of nitrogens with one attached hydrogen (secondary N) is 1. The summed E-state index contributed by atoms with van der Waals surface area (Å²) in [7, 11) is 3.05. The summed E-state index contributed by atoms with van der Waals surface area (Å²) < 4.78 is 18.5. The molecule has 3 nitrogen and oxygen atoms in total. The van der Waals surface area contributed by atoms with E-state index >= 15 is 0 Å². The maximum Gasteiger partial charge on any atom is 0.307 e. The first-order chi connectivity index (χ1) is 8.09. The molecule has 17 heavy (non-hydrogen) atoms. The molecule has 0 amide bonds. The van der Waals surface area contributed by atoms with E-state index in [2.05, 4.69) is 10.1 Å². The Morgan fingerprint density at radius 3 is 2.59 bits per heavy atom. The van der Waals surface area contributed by atoms with Gasteiger partial charge in [-0.1, -0.05) is 25.1 Å². The van der Waals surface area contributed by atoms with Crippen molar-refractivity contribution in [2.75, 3.05) is 14.2 Å². The number of methoxy groups -OCH3 is 1. The maximum absolute atomic E-state index is 13.8. The second-order valence-corrected chi connectivity index (χ2v) is 3.92. The van der Waals surface area contributed by atoms with Gasteiger partial charge in [-0.25, -0.2) is 4.39 Å². The number of carbonyl (C=O) groups excluding carboxylic acids is 1. The third-order valence-corrected chi connectivity index (χ3v) is 3.15. The normalized spacial score (nSPS) is 14.1. The molecule has 0 aromatic heterocycles. The van der Waals surface area contributed by atoms with Gasteiger partial charge in [0.15, 0.2) is 0 Å². The molecule has 0 fully saturated rings. The van der Waals surface area contributed by atoms with E-state index < -0.39 is 5.54 Å². The van der Waals surface area contributed by atoms with E-state index in [-0.39, 0.29) is 18.2 Å². The Bertz CT molecular complexity index is 389. The van der Waals surface area contributed by atoms with Crippen LogP contribution < -0.4 is 5.32 Å². The average Bonchev–Trinajstić information content (AvgIpc) is 2.36. The van der Waals surface area contributed by atoms with Crippen LogP contribution in [0.5, 0.6) is 0 Å². The van der Waals surface area contributed by atoms with Crippen LogP contribution in [0.2, 0.25) is 0 Å². The SMILES string of the molecule is CCC(CC(=O)OC)(NC)c1ccccc1F. The Balaban J connectivity index is 3.15. The van der Waals surface area contributed by atoms with Gasteiger partial charge in [0.05, 0.1) is 19.1 Å². The van der Waals surface area contributed by atoms with Crippen molar-refractivity contribution in [1.29, 1.82) is 0 Å². The van der Waals surface area contributed by atoms with Gasteiger partial charge in [-0.15, -0.1) is 0 Å². The van der Waals surface area contributed by atoms with Gasteiger partial charge < -0.3 is 10.1 Å². The highest BCUT2D eigenvalue weighted by Crippen LogP contribution is 2.30. The molecule has 94 valence electrons. The lowest BCUT2D eigenvalue weighted by Crippen LogP contribution is -2.42. The van der Waals surface area contributed by atoms with Crippen LogP contribution in [0, 0.1) is 5.82 Å². The first-order valence-corrected chi connectivity index (χ1v) is 5.60. The molecule has 0 spiro atoms. The fourth-order valence-electron chi connectivity index (χ4n) is 1.98. The van der Waals surface area contributed by atoms with E-state index in [9.17, 15) is 9.18 Å². The fraction of sp³-hybridized carbons (Fsp3) is 0.462. The van der Waals surface area contributed by atoms with Gasteiger partial charge in [-0.2, -0.15) is 0 Å². The molecule has 1 atom stereocenters. The predicted molar refractivity (Wildman–Crippen MR) is 64.1 cm³/mol. The zero-order chi connectivity index (χ0) is 12.9. The summed E-state index contributed by atoms with van der Waals surface area (Å²) in [6.07, 6.45) is 0.705. The Hall–Kier alpha value is -1.42. The van der Waals surface area contributed by atoms with Crippen LogP contribution in [0.25, 0.3) is 0 Å². The molecule has 1 N–H and O–H groups in total. The molecule has 0 saturated heterocycles. The van der Waals surface area contributed by atoms with Gasteiger partial charge >= 0.3 is 5.97 Å². The van der Waals surface area contributed by atoms with Crippen molar-refractivity contribution < 1.29 is 13.9 Å². The minimum absolute atomic E-state index is 0.109. The Kier molecular flexibility index (Phi) is 4.63. The monoisotopic (exact) mass is 239 g/mol. The Morgan fingerprint density at radius 1 is 1.47 bits per heavy atom. The first-order valence-electron chi connectivity index (χ1n) is 5.60. The Morgan fingerprint density at radius 2 is 2.12 bits per heavy atom. The van der Waals surface area contributed by atoms with Crippen LogP contribution in [-0.2, 0) is 15.1 Å². The minimum Gasteiger partial charge on any atom is -0.469 e. The number of rotatable bonds is 5. The van der Waals surface area contributed by atoms with E-state index in [4.69, 9.17) is 0 Å². The summed E-state index contributed by atoms with van der Waals surface area (Å²) in [6.45, 7) is 1.91. The molecule has 1 aromatic rings. The molecule has 1 unspecified atom stereocenters. The van der Waals surface area contributed by atoms with Crippen molar-refractivity contribution in [3.63, 3.8) is 0 Å². The Labute approximate surface area is 101 Å². The van der Waals surface area contributed by atoms with Gasteiger partial charge in [0.2, 0.25) is 0 Å². The minimum atomic E-state index is -0.710. The summed E-state index contributed by atoms with van der Waals surface area (Å²) in [4.78, 5) is 11.4. The van der Waals surface area contributed by atoms with Crippen LogP contribution in [-0.4, -0.2) is 20.1 Å². The molecular formula is C13H18FNO2. The highest BCUT2D eigenvalue weighted by molar-refractivity contribution is 5.71. The van der Waals surface area contributed by atoms with Crippen LogP contribution in [0.1, 0.15) is 25.3 Å². The van der Waals surface area contributed by atoms with Crippen molar-refractivity contribution in [2.45, 2.75) is 25.3 Å². The number of benzene rings is 1. The van der Waals surface area contributed by atoms with Crippen molar-refractivity contribution in [2.24, 2.45) is 0 Å². The quantitative estimate of drug-likeness (QED) is 0.801.